The number of para-hydroxylation sites is 2. The molecule has 2 fully saturated rings. The first kappa shape index (κ1) is 24.9. The lowest BCUT2D eigenvalue weighted by molar-refractivity contribution is -0.132. The second kappa shape index (κ2) is 9.60. The average molecular weight is 531 g/mol. The number of carbonyl (C=O) groups excluding carboxylic acids is 3. The number of hydrogen-bond acceptors (Lipinski definition) is 8. The van der Waals surface area contributed by atoms with Gasteiger partial charge >= 0.3 is 5.91 Å². The smallest absolute Gasteiger partial charge is 0.301 e. The van der Waals surface area contributed by atoms with E-state index in [2.05, 4.69) is 15.5 Å². The van der Waals surface area contributed by atoms with Crippen LogP contribution in [-0.4, -0.2) is 44.1 Å². The second-order valence-electron chi connectivity index (χ2n) is 8.42. The van der Waals surface area contributed by atoms with Crippen LogP contribution in [0, 0.1) is 12.7 Å². The number of phenolic OH excluding ortho intramolecular Hbond substituents is 1. The van der Waals surface area contributed by atoms with Gasteiger partial charge in [-0.2, -0.15) is 5.10 Å². The molecule has 0 radical (unpaired) electrons. The maximum atomic E-state index is 13.9. The van der Waals surface area contributed by atoms with Crippen molar-refractivity contribution in [1.29, 1.82) is 0 Å². The standard InChI is InChI=1S/C27H19FN4O5S/c1-15-10-12-16(13-11-15)22(34)21-23(35)24(36)32(19-8-4-5-9-20(19)33)27(21)25(37)30-26(38-27)31-29-14-17-6-2-3-7-18(17)28/h2-14,33-34H,1H3,(H,30,31,37)/b22-21-,29-14?. The fraction of sp³-hybridized carbons (Fsp3) is 0.0741. The minimum Gasteiger partial charge on any atom is -0.507 e. The van der Waals surface area contributed by atoms with Gasteiger partial charge < -0.3 is 15.5 Å². The van der Waals surface area contributed by atoms with Crippen molar-refractivity contribution < 1.29 is 29.0 Å². The molecule has 3 aromatic carbocycles. The molecule has 38 heavy (non-hydrogen) atoms. The van der Waals surface area contributed by atoms with Crippen LogP contribution in [0.3, 0.4) is 0 Å². The van der Waals surface area contributed by atoms with E-state index in [1.165, 1.54) is 42.5 Å². The minimum absolute atomic E-state index is 0.111. The zero-order chi connectivity index (χ0) is 27.0. The van der Waals surface area contributed by atoms with Crippen LogP contribution in [-0.2, 0) is 14.4 Å². The van der Waals surface area contributed by atoms with E-state index in [1.807, 2.05) is 6.92 Å². The third-order valence-corrected chi connectivity index (χ3v) is 7.23. The topological polar surface area (TPSA) is 132 Å². The van der Waals surface area contributed by atoms with E-state index in [0.717, 1.165) is 16.7 Å². The molecule has 190 valence electrons. The Bertz CT molecular complexity index is 1580. The molecule has 0 aliphatic carbocycles. The van der Waals surface area contributed by atoms with Crippen molar-refractivity contribution in [2.45, 2.75) is 11.8 Å². The monoisotopic (exact) mass is 530 g/mol. The van der Waals surface area contributed by atoms with E-state index in [9.17, 15) is 29.0 Å². The van der Waals surface area contributed by atoms with Crippen molar-refractivity contribution in [1.82, 2.24) is 5.32 Å². The number of carbonyl (C=O) groups is 3. The number of aryl methyl sites for hydroxylation is 1. The van der Waals surface area contributed by atoms with E-state index in [-0.39, 0.29) is 27.7 Å². The number of aliphatic hydroxyl groups excluding tert-OH is 1. The zero-order valence-electron chi connectivity index (χ0n) is 19.8. The van der Waals surface area contributed by atoms with E-state index >= 15 is 0 Å². The summed E-state index contributed by atoms with van der Waals surface area (Å²) in [5, 5.41) is 31.9. The van der Waals surface area contributed by atoms with Crippen molar-refractivity contribution in [3.8, 4) is 5.75 Å². The Balaban J connectivity index is 1.66. The number of aromatic hydroxyl groups is 1. The Morgan fingerprint density at radius 2 is 1.71 bits per heavy atom. The van der Waals surface area contributed by atoms with E-state index < -0.39 is 39.6 Å². The number of nitrogens with zero attached hydrogens (tertiary/aromatic N) is 3. The van der Waals surface area contributed by atoms with Gasteiger partial charge in [0, 0.05) is 11.1 Å². The number of ketones is 1. The summed E-state index contributed by atoms with van der Waals surface area (Å²) in [6, 6.07) is 18.1. The summed E-state index contributed by atoms with van der Waals surface area (Å²) >= 11 is 0.659. The van der Waals surface area contributed by atoms with Gasteiger partial charge in [-0.1, -0.05) is 60.2 Å². The number of halogens is 1. The first-order valence-electron chi connectivity index (χ1n) is 11.3. The van der Waals surface area contributed by atoms with Crippen LogP contribution in [0.4, 0.5) is 10.1 Å². The molecule has 3 aromatic rings. The first-order chi connectivity index (χ1) is 18.2. The summed E-state index contributed by atoms with van der Waals surface area (Å²) in [5.74, 6) is -4.56. The summed E-state index contributed by atoms with van der Waals surface area (Å²) in [6.45, 7) is 1.84. The highest BCUT2D eigenvalue weighted by atomic mass is 32.2. The van der Waals surface area contributed by atoms with Crippen molar-refractivity contribution >= 4 is 52.2 Å². The van der Waals surface area contributed by atoms with E-state index in [4.69, 9.17) is 0 Å². The van der Waals surface area contributed by atoms with Crippen molar-refractivity contribution in [2.75, 3.05) is 4.90 Å². The number of amides is 2. The number of nitrogens with one attached hydrogen (secondary N) is 1. The molecule has 9 nitrogen and oxygen atoms in total. The van der Waals surface area contributed by atoms with Crippen molar-refractivity contribution in [2.24, 2.45) is 10.2 Å². The van der Waals surface area contributed by atoms with Gasteiger partial charge in [-0.3, -0.25) is 19.3 Å². The number of aliphatic hydroxyl groups is 1. The molecule has 2 heterocycles. The Kier molecular flexibility index (Phi) is 6.29. The van der Waals surface area contributed by atoms with E-state index in [1.54, 1.807) is 30.3 Å². The maximum absolute atomic E-state index is 13.9. The molecule has 0 saturated carbocycles. The highest BCUT2D eigenvalue weighted by Crippen LogP contribution is 2.51. The summed E-state index contributed by atoms with van der Waals surface area (Å²) in [6.07, 6.45) is 1.15. The van der Waals surface area contributed by atoms with Crippen LogP contribution < -0.4 is 10.2 Å². The number of rotatable bonds is 4. The quantitative estimate of drug-likeness (QED) is 0.155. The molecule has 0 bridgehead atoms. The number of Topliss-reactive ketones (excluding diaryl/α,β-unsaturated/α-hetero) is 1. The molecule has 1 spiro atoms. The molecule has 1 unspecified atom stereocenters. The fourth-order valence-corrected chi connectivity index (χ4v) is 5.37. The zero-order valence-corrected chi connectivity index (χ0v) is 20.6. The summed E-state index contributed by atoms with van der Waals surface area (Å²) in [5.41, 5.74) is 0.653. The molecule has 2 saturated heterocycles. The maximum Gasteiger partial charge on any atom is 0.301 e. The molecule has 11 heteroatoms. The van der Waals surface area contributed by atoms with E-state index in [0.29, 0.717) is 11.8 Å². The summed E-state index contributed by atoms with van der Waals surface area (Å²) < 4.78 is 13.9. The number of thioether (sulfide) groups is 1. The van der Waals surface area contributed by atoms with Crippen molar-refractivity contribution in [3.63, 3.8) is 0 Å². The molecule has 2 amide bonds. The lowest BCUT2D eigenvalue weighted by atomic mass is 9.99. The van der Waals surface area contributed by atoms with Gasteiger partial charge in [0.25, 0.3) is 11.7 Å². The highest BCUT2D eigenvalue weighted by Gasteiger charge is 2.66. The van der Waals surface area contributed by atoms with Crippen molar-refractivity contribution in [3.05, 3.63) is 101 Å². The molecule has 1 atom stereocenters. The van der Waals surface area contributed by atoms with Gasteiger partial charge in [-0.25, -0.2) is 4.39 Å². The third kappa shape index (κ3) is 4.02. The number of benzene rings is 3. The van der Waals surface area contributed by atoms with Crippen LogP contribution in [0.2, 0.25) is 0 Å². The molecule has 5 rings (SSSR count). The molecular weight excluding hydrogens is 511 g/mol. The largest absolute Gasteiger partial charge is 0.507 e. The van der Waals surface area contributed by atoms with Crippen LogP contribution in [0.1, 0.15) is 16.7 Å². The van der Waals surface area contributed by atoms with Gasteiger partial charge in [-0.15, -0.1) is 5.10 Å². The Morgan fingerprint density at radius 3 is 2.42 bits per heavy atom. The highest BCUT2D eigenvalue weighted by molar-refractivity contribution is 8.16. The predicted octanol–water partition coefficient (Wildman–Crippen LogP) is 3.67. The van der Waals surface area contributed by atoms with Gasteiger partial charge in [0.05, 0.1) is 17.5 Å². The third-order valence-electron chi connectivity index (χ3n) is 5.99. The van der Waals surface area contributed by atoms with Gasteiger partial charge in [0.1, 0.15) is 17.3 Å². The van der Waals surface area contributed by atoms with Gasteiger partial charge in [0.2, 0.25) is 4.87 Å². The van der Waals surface area contributed by atoms with Crippen LogP contribution >= 0.6 is 11.8 Å². The van der Waals surface area contributed by atoms with Crippen LogP contribution in [0.5, 0.6) is 5.75 Å². The molecule has 0 aromatic heterocycles. The second-order valence-corrected chi connectivity index (χ2v) is 9.60. The minimum atomic E-state index is -2.14. The molecule has 3 N–H and O–H groups in total. The predicted molar refractivity (Wildman–Crippen MR) is 141 cm³/mol. The molecule has 2 aliphatic heterocycles. The molecular formula is C27H19FN4O5S. The van der Waals surface area contributed by atoms with Gasteiger partial charge in [0.15, 0.2) is 5.17 Å². The molecule has 2 aliphatic rings. The lowest BCUT2D eigenvalue weighted by Crippen LogP contribution is -2.50. The van der Waals surface area contributed by atoms with Gasteiger partial charge in [-0.05, 0) is 36.9 Å². The Labute approximate surface area is 220 Å². The fourth-order valence-electron chi connectivity index (χ4n) is 4.15. The SMILES string of the molecule is Cc1ccc(/C(O)=C2\C(=O)C(=O)N(c3ccccc3O)C23SC(=NN=Cc2ccccc2F)NC3=O)cc1. The number of anilines is 1. The van der Waals surface area contributed by atoms with Crippen LogP contribution in [0.25, 0.3) is 5.76 Å². The summed E-state index contributed by atoms with van der Waals surface area (Å²) in [4.78, 5) is 38.9. The Hall–Kier alpha value is -4.77. The average Bonchev–Trinajstić information content (AvgIpc) is 3.33. The van der Waals surface area contributed by atoms with Crippen LogP contribution in [0.15, 0.2) is 88.6 Å². The number of amidine groups is 1. The number of phenols is 1. The number of hydrogen-bond donors (Lipinski definition) is 3. The lowest BCUT2D eigenvalue weighted by Gasteiger charge is -2.31. The first-order valence-corrected chi connectivity index (χ1v) is 12.1. The normalized spacial score (nSPS) is 21.7. The summed E-state index contributed by atoms with van der Waals surface area (Å²) in [7, 11) is 0. The Morgan fingerprint density at radius 1 is 1.03 bits per heavy atom.